The van der Waals surface area contributed by atoms with E-state index in [4.69, 9.17) is 4.74 Å². The Balaban J connectivity index is 3.13. The van der Waals surface area contributed by atoms with E-state index >= 15 is 0 Å². The number of benzene rings is 1. The van der Waals surface area contributed by atoms with Crippen LogP contribution in [0.25, 0.3) is 0 Å². The first-order valence-corrected chi connectivity index (χ1v) is 5.52. The van der Waals surface area contributed by atoms with Crippen molar-refractivity contribution in [1.29, 1.82) is 0 Å². The summed E-state index contributed by atoms with van der Waals surface area (Å²) >= 11 is 0. The number of nitrogens with one attached hydrogen (secondary N) is 1. The fraction of sp³-hybridized carbons (Fsp3) is 0.462. The van der Waals surface area contributed by atoms with Gasteiger partial charge in [-0.05, 0) is 38.5 Å². The van der Waals surface area contributed by atoms with Crippen LogP contribution >= 0.6 is 0 Å². The zero-order valence-electron chi connectivity index (χ0n) is 10.6. The van der Waals surface area contributed by atoms with Gasteiger partial charge in [0.25, 0.3) is 0 Å². The molecule has 0 aliphatic heterocycles. The van der Waals surface area contributed by atoms with Crippen LogP contribution in [0.3, 0.4) is 0 Å². The maximum Gasteiger partial charge on any atom is 0.330 e. The van der Waals surface area contributed by atoms with Gasteiger partial charge in [0.1, 0.15) is 11.4 Å². The van der Waals surface area contributed by atoms with Crippen LogP contribution in [0.4, 0.5) is 4.39 Å². The van der Waals surface area contributed by atoms with Gasteiger partial charge in [-0.3, -0.25) is 5.32 Å². The highest BCUT2D eigenvalue weighted by Crippen LogP contribution is 2.23. The summed E-state index contributed by atoms with van der Waals surface area (Å²) in [6, 6.07) is 5.93. The molecule has 0 spiro atoms. The molecule has 94 valence electrons. The predicted octanol–water partition coefficient (Wildman–Crippen LogP) is 2.21. The normalized spacial score (nSPS) is 14.5. The maximum atomic E-state index is 12.9. The number of carbonyl (C=O) groups excluding carboxylic acids is 1. The number of methoxy groups -OCH3 is 1. The molecule has 0 bridgehead atoms. The molecule has 1 aromatic carbocycles. The van der Waals surface area contributed by atoms with Crippen LogP contribution in [0, 0.1) is 5.82 Å². The molecule has 0 amide bonds. The van der Waals surface area contributed by atoms with Crippen LogP contribution in [0.15, 0.2) is 24.3 Å². The quantitative estimate of drug-likeness (QED) is 0.819. The van der Waals surface area contributed by atoms with Gasteiger partial charge in [-0.15, -0.1) is 0 Å². The topological polar surface area (TPSA) is 38.3 Å². The molecule has 0 saturated carbocycles. The molecular weight excluding hydrogens is 221 g/mol. The fourth-order valence-electron chi connectivity index (χ4n) is 1.82. The molecule has 4 heteroatoms. The third kappa shape index (κ3) is 3.03. The number of halogens is 1. The number of hydrogen-bond acceptors (Lipinski definition) is 3. The summed E-state index contributed by atoms with van der Waals surface area (Å²) in [6.45, 7) is 5.60. The van der Waals surface area contributed by atoms with E-state index in [1.165, 1.54) is 19.2 Å². The van der Waals surface area contributed by atoms with E-state index in [-0.39, 0.29) is 11.9 Å². The number of carbonyl (C=O) groups is 1. The second-order valence-electron chi connectivity index (χ2n) is 4.42. The van der Waals surface area contributed by atoms with E-state index in [0.29, 0.717) is 5.56 Å². The zero-order valence-corrected chi connectivity index (χ0v) is 10.6. The first-order valence-electron chi connectivity index (χ1n) is 5.52. The van der Waals surface area contributed by atoms with Crippen LogP contribution in [-0.2, 0) is 15.1 Å². The third-order valence-corrected chi connectivity index (χ3v) is 2.59. The van der Waals surface area contributed by atoms with E-state index < -0.39 is 11.5 Å². The van der Waals surface area contributed by atoms with Crippen LogP contribution in [0.5, 0.6) is 0 Å². The van der Waals surface area contributed by atoms with Gasteiger partial charge in [0.2, 0.25) is 0 Å². The molecule has 0 aliphatic rings. The van der Waals surface area contributed by atoms with Crippen molar-refractivity contribution in [2.45, 2.75) is 32.4 Å². The lowest BCUT2D eigenvalue weighted by Gasteiger charge is -2.30. The Morgan fingerprint density at radius 3 is 2.29 bits per heavy atom. The maximum absolute atomic E-state index is 12.9. The van der Waals surface area contributed by atoms with Gasteiger partial charge >= 0.3 is 5.97 Å². The van der Waals surface area contributed by atoms with Crippen molar-refractivity contribution in [1.82, 2.24) is 5.32 Å². The Hall–Kier alpha value is -1.42. The van der Waals surface area contributed by atoms with Gasteiger partial charge in [-0.25, -0.2) is 9.18 Å². The second-order valence-corrected chi connectivity index (χ2v) is 4.42. The largest absolute Gasteiger partial charge is 0.467 e. The molecule has 0 saturated heterocycles. The van der Waals surface area contributed by atoms with Gasteiger partial charge in [0, 0.05) is 6.04 Å². The first kappa shape index (κ1) is 13.6. The second kappa shape index (κ2) is 5.27. The molecular formula is C13H18FNO2. The highest BCUT2D eigenvalue weighted by molar-refractivity contribution is 5.82. The Morgan fingerprint density at radius 1 is 1.35 bits per heavy atom. The molecule has 1 aromatic rings. The number of esters is 1. The van der Waals surface area contributed by atoms with E-state index in [0.717, 1.165) is 0 Å². The Labute approximate surface area is 101 Å². The Kier molecular flexibility index (Phi) is 4.23. The van der Waals surface area contributed by atoms with Crippen molar-refractivity contribution < 1.29 is 13.9 Å². The molecule has 0 aromatic heterocycles. The summed E-state index contributed by atoms with van der Waals surface area (Å²) in [4.78, 5) is 11.9. The SMILES string of the molecule is COC(=O)C(C)(NC(C)C)c1ccc(F)cc1. The van der Waals surface area contributed by atoms with Gasteiger partial charge in [0.05, 0.1) is 7.11 Å². The summed E-state index contributed by atoms with van der Waals surface area (Å²) < 4.78 is 17.7. The van der Waals surface area contributed by atoms with Crippen LogP contribution in [0.2, 0.25) is 0 Å². The van der Waals surface area contributed by atoms with E-state index in [2.05, 4.69) is 5.32 Å². The van der Waals surface area contributed by atoms with Crippen molar-refractivity contribution in [2.75, 3.05) is 7.11 Å². The summed E-state index contributed by atoms with van der Waals surface area (Å²) in [7, 11) is 1.34. The highest BCUT2D eigenvalue weighted by atomic mass is 19.1. The van der Waals surface area contributed by atoms with Crippen molar-refractivity contribution in [3.05, 3.63) is 35.6 Å². The minimum Gasteiger partial charge on any atom is -0.467 e. The minimum atomic E-state index is -0.962. The number of rotatable bonds is 4. The standard InChI is InChI=1S/C13H18FNO2/c1-9(2)15-13(3,12(16)17-4)10-5-7-11(14)8-6-10/h5-9,15H,1-4H3. The summed E-state index contributed by atoms with van der Waals surface area (Å²) in [5.74, 6) is -0.719. The van der Waals surface area contributed by atoms with Crippen molar-refractivity contribution >= 4 is 5.97 Å². The van der Waals surface area contributed by atoms with Crippen LogP contribution in [0.1, 0.15) is 26.3 Å². The molecule has 3 nitrogen and oxygen atoms in total. The van der Waals surface area contributed by atoms with E-state index in [1.54, 1.807) is 19.1 Å². The molecule has 1 unspecified atom stereocenters. The third-order valence-electron chi connectivity index (χ3n) is 2.59. The van der Waals surface area contributed by atoms with Gasteiger partial charge < -0.3 is 4.74 Å². The zero-order chi connectivity index (χ0) is 13.1. The van der Waals surface area contributed by atoms with Gasteiger partial charge in [-0.2, -0.15) is 0 Å². The summed E-state index contributed by atoms with van der Waals surface area (Å²) in [5, 5.41) is 3.15. The van der Waals surface area contributed by atoms with Crippen molar-refractivity contribution in [3.63, 3.8) is 0 Å². The Morgan fingerprint density at radius 2 is 1.88 bits per heavy atom. The summed E-state index contributed by atoms with van der Waals surface area (Å²) in [5.41, 5.74) is -0.282. The average molecular weight is 239 g/mol. The molecule has 1 rings (SSSR count). The lowest BCUT2D eigenvalue weighted by Crippen LogP contribution is -2.50. The smallest absolute Gasteiger partial charge is 0.330 e. The molecule has 0 aliphatic carbocycles. The molecule has 17 heavy (non-hydrogen) atoms. The number of hydrogen-bond donors (Lipinski definition) is 1. The molecule has 0 radical (unpaired) electrons. The molecule has 0 heterocycles. The first-order chi connectivity index (χ1) is 7.90. The predicted molar refractivity (Wildman–Crippen MR) is 64.0 cm³/mol. The molecule has 1 N–H and O–H groups in total. The Bertz CT molecular complexity index is 389. The van der Waals surface area contributed by atoms with Gasteiger partial charge in [0.15, 0.2) is 0 Å². The number of ether oxygens (including phenoxy) is 1. The lowest BCUT2D eigenvalue weighted by molar-refractivity contribution is -0.148. The fourth-order valence-corrected chi connectivity index (χ4v) is 1.82. The van der Waals surface area contributed by atoms with Crippen LogP contribution in [-0.4, -0.2) is 19.1 Å². The van der Waals surface area contributed by atoms with E-state index in [9.17, 15) is 9.18 Å². The van der Waals surface area contributed by atoms with Crippen molar-refractivity contribution in [3.8, 4) is 0 Å². The molecule has 0 fully saturated rings. The minimum absolute atomic E-state index is 0.101. The highest BCUT2D eigenvalue weighted by Gasteiger charge is 2.36. The van der Waals surface area contributed by atoms with E-state index in [1.807, 2.05) is 13.8 Å². The lowest BCUT2D eigenvalue weighted by atomic mass is 9.91. The monoisotopic (exact) mass is 239 g/mol. The van der Waals surface area contributed by atoms with Crippen LogP contribution < -0.4 is 5.32 Å². The van der Waals surface area contributed by atoms with Crippen molar-refractivity contribution in [2.24, 2.45) is 0 Å². The molecule has 1 atom stereocenters. The average Bonchev–Trinajstić information content (AvgIpc) is 2.27. The van der Waals surface area contributed by atoms with Gasteiger partial charge in [-0.1, -0.05) is 12.1 Å². The summed E-state index contributed by atoms with van der Waals surface area (Å²) in [6.07, 6.45) is 0.